The summed E-state index contributed by atoms with van der Waals surface area (Å²) in [5, 5.41) is 6.60. The van der Waals surface area contributed by atoms with E-state index in [2.05, 4.69) is 35.8 Å². The van der Waals surface area contributed by atoms with Crippen molar-refractivity contribution in [3.63, 3.8) is 0 Å². The van der Waals surface area contributed by atoms with Gasteiger partial charge in [0.15, 0.2) is 0 Å². The fraction of sp³-hybridized carbons (Fsp3) is 0.588. The highest BCUT2D eigenvalue weighted by molar-refractivity contribution is 5.78. The van der Waals surface area contributed by atoms with Gasteiger partial charge in [0.2, 0.25) is 5.91 Å². The highest BCUT2D eigenvalue weighted by atomic mass is 16.1. The molecule has 1 aliphatic heterocycles. The highest BCUT2D eigenvalue weighted by Crippen LogP contribution is 2.33. The average Bonchev–Trinajstić information content (AvgIpc) is 3.09. The fourth-order valence-electron chi connectivity index (χ4n) is 3.65. The smallest absolute Gasteiger partial charge is 0.220 e. The van der Waals surface area contributed by atoms with E-state index in [1.54, 1.807) is 0 Å². The van der Waals surface area contributed by atoms with E-state index in [0.717, 1.165) is 6.54 Å². The Morgan fingerprint density at radius 1 is 1.35 bits per heavy atom. The van der Waals surface area contributed by atoms with Crippen molar-refractivity contribution < 1.29 is 4.79 Å². The first-order valence-corrected chi connectivity index (χ1v) is 7.86. The molecule has 2 atom stereocenters. The largest absolute Gasteiger partial charge is 0.384 e. The zero-order valence-corrected chi connectivity index (χ0v) is 12.2. The Balaban J connectivity index is 1.54. The zero-order valence-electron chi connectivity index (χ0n) is 12.2. The average molecular weight is 272 g/mol. The Labute approximate surface area is 121 Å². The van der Waals surface area contributed by atoms with Crippen LogP contribution < -0.4 is 10.6 Å². The molecule has 0 saturated heterocycles. The summed E-state index contributed by atoms with van der Waals surface area (Å²) in [6.07, 6.45) is 5.79. The van der Waals surface area contributed by atoms with Crippen molar-refractivity contribution in [1.29, 1.82) is 0 Å². The summed E-state index contributed by atoms with van der Waals surface area (Å²) in [4.78, 5) is 12.2. The van der Waals surface area contributed by atoms with Crippen molar-refractivity contribution >= 4 is 11.6 Å². The maximum atomic E-state index is 12.2. The lowest BCUT2D eigenvalue weighted by atomic mass is 9.96. The number of para-hydroxylation sites is 1. The number of nitrogens with one attached hydrogen (secondary N) is 2. The zero-order chi connectivity index (χ0) is 13.9. The molecule has 0 spiro atoms. The Kier molecular flexibility index (Phi) is 3.95. The van der Waals surface area contributed by atoms with Crippen LogP contribution in [-0.4, -0.2) is 18.5 Å². The van der Waals surface area contributed by atoms with Gasteiger partial charge in [0.25, 0.3) is 0 Å². The maximum Gasteiger partial charge on any atom is 0.220 e. The molecule has 2 aliphatic rings. The molecule has 1 aromatic carbocycles. The maximum absolute atomic E-state index is 12.2. The summed E-state index contributed by atoms with van der Waals surface area (Å²) in [6.45, 7) is 3.04. The standard InChI is InChI=1S/C17H24N2O/c1-12(13-6-2-3-7-13)19-17(20)10-14-11-18-16-9-5-4-8-15(14)16/h4-5,8-9,12-14,18H,2-3,6-7,10-11H2,1H3,(H,19,20)/t12-,14?/m1/s1. The van der Waals surface area contributed by atoms with E-state index in [1.165, 1.54) is 36.9 Å². The van der Waals surface area contributed by atoms with Gasteiger partial charge in [-0.05, 0) is 37.3 Å². The minimum atomic E-state index is 0.202. The van der Waals surface area contributed by atoms with Gasteiger partial charge in [-0.3, -0.25) is 4.79 Å². The third-order valence-electron chi connectivity index (χ3n) is 4.87. The molecule has 1 aromatic rings. The molecule has 3 rings (SSSR count). The van der Waals surface area contributed by atoms with Gasteiger partial charge in [-0.2, -0.15) is 0 Å². The van der Waals surface area contributed by atoms with Crippen LogP contribution in [0.3, 0.4) is 0 Å². The van der Waals surface area contributed by atoms with Crippen molar-refractivity contribution in [2.75, 3.05) is 11.9 Å². The molecule has 1 aliphatic carbocycles. The number of hydrogen-bond acceptors (Lipinski definition) is 2. The molecular weight excluding hydrogens is 248 g/mol. The first-order valence-electron chi connectivity index (χ1n) is 7.86. The van der Waals surface area contributed by atoms with Gasteiger partial charge in [-0.1, -0.05) is 31.0 Å². The number of amides is 1. The molecule has 1 unspecified atom stereocenters. The third-order valence-corrected chi connectivity index (χ3v) is 4.87. The van der Waals surface area contributed by atoms with Crippen LogP contribution in [0.15, 0.2) is 24.3 Å². The molecule has 0 bridgehead atoms. The molecular formula is C17H24N2O. The fourth-order valence-corrected chi connectivity index (χ4v) is 3.65. The Hall–Kier alpha value is -1.51. The van der Waals surface area contributed by atoms with Crippen LogP contribution in [0, 0.1) is 5.92 Å². The van der Waals surface area contributed by atoms with Crippen LogP contribution in [0.1, 0.15) is 50.5 Å². The van der Waals surface area contributed by atoms with Crippen molar-refractivity contribution in [1.82, 2.24) is 5.32 Å². The summed E-state index contributed by atoms with van der Waals surface area (Å²) in [5.41, 5.74) is 2.48. The van der Waals surface area contributed by atoms with Crippen molar-refractivity contribution in [3.05, 3.63) is 29.8 Å². The number of benzene rings is 1. The molecule has 1 amide bonds. The summed E-state index contributed by atoms with van der Waals surface area (Å²) in [7, 11) is 0. The summed E-state index contributed by atoms with van der Waals surface area (Å²) in [6, 6.07) is 8.64. The molecule has 2 N–H and O–H groups in total. The number of carbonyl (C=O) groups excluding carboxylic acids is 1. The molecule has 1 fully saturated rings. The molecule has 0 radical (unpaired) electrons. The van der Waals surface area contributed by atoms with Crippen LogP contribution in [0.2, 0.25) is 0 Å². The minimum Gasteiger partial charge on any atom is -0.384 e. The molecule has 3 nitrogen and oxygen atoms in total. The lowest BCUT2D eigenvalue weighted by molar-refractivity contribution is -0.122. The van der Waals surface area contributed by atoms with Gasteiger partial charge in [-0.25, -0.2) is 0 Å². The third kappa shape index (κ3) is 2.82. The van der Waals surface area contributed by atoms with E-state index in [9.17, 15) is 4.79 Å². The van der Waals surface area contributed by atoms with Crippen LogP contribution >= 0.6 is 0 Å². The van der Waals surface area contributed by atoms with E-state index in [0.29, 0.717) is 24.3 Å². The number of rotatable bonds is 4. The van der Waals surface area contributed by atoms with Gasteiger partial charge in [-0.15, -0.1) is 0 Å². The Morgan fingerprint density at radius 2 is 2.10 bits per heavy atom. The second-order valence-corrected chi connectivity index (χ2v) is 6.27. The lowest BCUT2D eigenvalue weighted by Crippen LogP contribution is -2.37. The molecule has 0 aromatic heterocycles. The van der Waals surface area contributed by atoms with Gasteiger partial charge in [0.05, 0.1) is 0 Å². The molecule has 108 valence electrons. The summed E-state index contributed by atoms with van der Waals surface area (Å²) < 4.78 is 0. The topological polar surface area (TPSA) is 41.1 Å². The SMILES string of the molecule is C[C@@H](NC(=O)CC1CNc2ccccc21)C1CCCC1. The van der Waals surface area contributed by atoms with Crippen molar-refractivity contribution in [2.45, 2.75) is 51.0 Å². The predicted molar refractivity (Wildman–Crippen MR) is 81.9 cm³/mol. The summed E-state index contributed by atoms with van der Waals surface area (Å²) >= 11 is 0. The van der Waals surface area contributed by atoms with Gasteiger partial charge in [0, 0.05) is 30.6 Å². The normalized spacial score (nSPS) is 23.1. The summed E-state index contributed by atoms with van der Waals surface area (Å²) in [5.74, 6) is 1.21. The molecule has 20 heavy (non-hydrogen) atoms. The van der Waals surface area contributed by atoms with E-state index in [4.69, 9.17) is 0 Å². The number of carbonyl (C=O) groups is 1. The first-order chi connectivity index (χ1) is 9.74. The van der Waals surface area contributed by atoms with Crippen LogP contribution in [0.5, 0.6) is 0 Å². The number of hydrogen-bond donors (Lipinski definition) is 2. The predicted octanol–water partition coefficient (Wildman–Crippen LogP) is 3.28. The first kappa shape index (κ1) is 13.5. The van der Waals surface area contributed by atoms with E-state index in [-0.39, 0.29) is 5.91 Å². The van der Waals surface area contributed by atoms with Gasteiger partial charge in [0.1, 0.15) is 0 Å². The Morgan fingerprint density at radius 3 is 2.90 bits per heavy atom. The van der Waals surface area contributed by atoms with Crippen molar-refractivity contribution in [3.8, 4) is 0 Å². The van der Waals surface area contributed by atoms with Gasteiger partial charge < -0.3 is 10.6 Å². The van der Waals surface area contributed by atoms with E-state index in [1.807, 2.05) is 6.07 Å². The highest BCUT2D eigenvalue weighted by Gasteiger charge is 2.26. The Bertz CT molecular complexity index is 480. The lowest BCUT2D eigenvalue weighted by Gasteiger charge is -2.21. The van der Waals surface area contributed by atoms with Crippen LogP contribution in [-0.2, 0) is 4.79 Å². The second-order valence-electron chi connectivity index (χ2n) is 6.27. The molecule has 3 heteroatoms. The molecule has 1 heterocycles. The van der Waals surface area contributed by atoms with E-state index >= 15 is 0 Å². The number of anilines is 1. The number of fused-ring (bicyclic) bond motifs is 1. The van der Waals surface area contributed by atoms with Crippen LogP contribution in [0.25, 0.3) is 0 Å². The molecule has 1 saturated carbocycles. The van der Waals surface area contributed by atoms with Gasteiger partial charge >= 0.3 is 0 Å². The minimum absolute atomic E-state index is 0.202. The monoisotopic (exact) mass is 272 g/mol. The van der Waals surface area contributed by atoms with Crippen molar-refractivity contribution in [2.24, 2.45) is 5.92 Å². The van der Waals surface area contributed by atoms with E-state index < -0.39 is 0 Å². The quantitative estimate of drug-likeness (QED) is 0.883. The van der Waals surface area contributed by atoms with Crippen LogP contribution in [0.4, 0.5) is 5.69 Å². The second kappa shape index (κ2) is 5.86.